The van der Waals surface area contributed by atoms with Crippen molar-refractivity contribution in [2.24, 2.45) is 0 Å². The highest BCUT2D eigenvalue weighted by atomic mass is 16.5. The Morgan fingerprint density at radius 2 is 2.15 bits per heavy atom. The smallest absolute Gasteiger partial charge is 0.317 e. The van der Waals surface area contributed by atoms with Crippen molar-refractivity contribution in [3.05, 3.63) is 24.0 Å². The van der Waals surface area contributed by atoms with Gasteiger partial charge in [0.25, 0.3) is 0 Å². The van der Waals surface area contributed by atoms with Gasteiger partial charge in [-0.1, -0.05) is 0 Å². The van der Waals surface area contributed by atoms with E-state index in [4.69, 9.17) is 4.74 Å². The molecule has 1 aromatic heterocycles. The van der Waals surface area contributed by atoms with Crippen molar-refractivity contribution in [3.63, 3.8) is 0 Å². The van der Waals surface area contributed by atoms with Crippen LogP contribution in [0.1, 0.15) is 18.9 Å². The molecule has 0 aromatic carbocycles. The molecule has 0 spiro atoms. The van der Waals surface area contributed by atoms with E-state index >= 15 is 0 Å². The second kappa shape index (κ2) is 8.68. The molecular formula is C19H31N5O2. The van der Waals surface area contributed by atoms with Gasteiger partial charge in [-0.2, -0.15) is 0 Å². The first-order valence-corrected chi connectivity index (χ1v) is 9.59. The molecule has 7 heteroatoms. The van der Waals surface area contributed by atoms with E-state index in [-0.39, 0.29) is 18.2 Å². The Bertz CT molecular complexity index is 611. The lowest BCUT2D eigenvalue weighted by Crippen LogP contribution is -2.50. The number of likely N-dealkylation sites (N-methyl/N-ethyl adjacent to an activating group) is 1. The fourth-order valence-corrected chi connectivity index (χ4v) is 3.92. The number of aromatic nitrogens is 1. The highest BCUT2D eigenvalue weighted by Crippen LogP contribution is 2.20. The molecule has 144 valence electrons. The summed E-state index contributed by atoms with van der Waals surface area (Å²) in [6.45, 7) is 9.79. The molecule has 7 nitrogen and oxygen atoms in total. The summed E-state index contributed by atoms with van der Waals surface area (Å²) in [4.78, 5) is 23.5. The minimum absolute atomic E-state index is 0.0308. The van der Waals surface area contributed by atoms with Crippen LogP contribution in [0.25, 0.3) is 0 Å². The Kier molecular flexibility index (Phi) is 6.32. The normalized spacial score (nSPS) is 24.6. The van der Waals surface area contributed by atoms with Gasteiger partial charge in [-0.05, 0) is 38.9 Å². The summed E-state index contributed by atoms with van der Waals surface area (Å²) < 4.78 is 5.80. The van der Waals surface area contributed by atoms with Crippen LogP contribution in [-0.4, -0.2) is 85.9 Å². The third-order valence-electron chi connectivity index (χ3n) is 5.25. The second-order valence-corrected chi connectivity index (χ2v) is 7.26. The Hall–Kier alpha value is -1.86. The van der Waals surface area contributed by atoms with Crippen LogP contribution in [0, 0.1) is 6.92 Å². The molecule has 2 fully saturated rings. The fourth-order valence-electron chi connectivity index (χ4n) is 3.92. The van der Waals surface area contributed by atoms with E-state index in [0.717, 1.165) is 45.7 Å². The standard InChI is InChI=1S/C19H31N5O2/c1-4-26-18-14-22(3)13-16(18)21-19(25)24-9-5-8-23(10-11-24)17-6-7-20-12-15(17)2/h6-7,12,16,18H,4-5,8-11,13-14H2,1-3H3,(H,21,25). The number of likely N-dealkylation sites (tertiary alicyclic amines) is 1. The van der Waals surface area contributed by atoms with Gasteiger partial charge in [-0.15, -0.1) is 0 Å². The number of urea groups is 1. The lowest BCUT2D eigenvalue weighted by Gasteiger charge is -2.27. The number of anilines is 1. The zero-order valence-corrected chi connectivity index (χ0v) is 16.1. The molecule has 2 atom stereocenters. The highest BCUT2D eigenvalue weighted by Gasteiger charge is 2.33. The molecule has 2 unspecified atom stereocenters. The Morgan fingerprint density at radius 3 is 2.92 bits per heavy atom. The number of pyridine rings is 1. The van der Waals surface area contributed by atoms with Crippen molar-refractivity contribution in [2.45, 2.75) is 32.4 Å². The van der Waals surface area contributed by atoms with Crippen molar-refractivity contribution in [2.75, 3.05) is 57.8 Å². The summed E-state index contributed by atoms with van der Waals surface area (Å²) in [5, 5.41) is 3.20. The van der Waals surface area contributed by atoms with Crippen molar-refractivity contribution in [1.82, 2.24) is 20.1 Å². The third kappa shape index (κ3) is 4.45. The molecule has 1 N–H and O–H groups in total. The van der Waals surface area contributed by atoms with Crippen LogP contribution in [0.3, 0.4) is 0 Å². The fraction of sp³-hybridized carbons (Fsp3) is 0.684. The maximum atomic E-state index is 12.8. The van der Waals surface area contributed by atoms with Gasteiger partial charge in [-0.25, -0.2) is 4.79 Å². The molecule has 26 heavy (non-hydrogen) atoms. The van der Waals surface area contributed by atoms with E-state index in [0.29, 0.717) is 6.61 Å². The number of hydrogen-bond donors (Lipinski definition) is 1. The van der Waals surface area contributed by atoms with Crippen LogP contribution in [0.4, 0.5) is 10.5 Å². The number of ether oxygens (including phenoxy) is 1. The Morgan fingerprint density at radius 1 is 1.31 bits per heavy atom. The molecule has 2 aliphatic heterocycles. The Balaban J connectivity index is 1.57. The molecule has 2 amide bonds. The molecule has 2 saturated heterocycles. The number of nitrogens with one attached hydrogen (secondary N) is 1. The quantitative estimate of drug-likeness (QED) is 0.877. The highest BCUT2D eigenvalue weighted by molar-refractivity contribution is 5.75. The summed E-state index contributed by atoms with van der Waals surface area (Å²) in [7, 11) is 2.07. The molecule has 0 bridgehead atoms. The van der Waals surface area contributed by atoms with Gasteiger partial charge in [0.2, 0.25) is 0 Å². The predicted molar refractivity (Wildman–Crippen MR) is 103 cm³/mol. The van der Waals surface area contributed by atoms with Gasteiger partial charge in [-0.3, -0.25) is 4.98 Å². The third-order valence-corrected chi connectivity index (χ3v) is 5.25. The lowest BCUT2D eigenvalue weighted by molar-refractivity contribution is 0.0550. The van der Waals surface area contributed by atoms with Crippen molar-refractivity contribution in [3.8, 4) is 0 Å². The summed E-state index contributed by atoms with van der Waals surface area (Å²) in [5.74, 6) is 0. The minimum atomic E-state index is 0.0308. The van der Waals surface area contributed by atoms with E-state index in [1.54, 1.807) is 0 Å². The number of nitrogens with zero attached hydrogens (tertiary/aromatic N) is 4. The zero-order chi connectivity index (χ0) is 18.5. The van der Waals surface area contributed by atoms with Crippen LogP contribution < -0.4 is 10.2 Å². The van der Waals surface area contributed by atoms with Gasteiger partial charge >= 0.3 is 6.03 Å². The van der Waals surface area contributed by atoms with Crippen LogP contribution >= 0.6 is 0 Å². The first-order chi connectivity index (χ1) is 12.6. The summed E-state index contributed by atoms with van der Waals surface area (Å²) in [6.07, 6.45) is 4.78. The van der Waals surface area contributed by atoms with Crippen molar-refractivity contribution >= 4 is 11.7 Å². The Labute approximate surface area is 156 Å². The van der Waals surface area contributed by atoms with E-state index in [2.05, 4.69) is 40.1 Å². The molecular weight excluding hydrogens is 330 g/mol. The van der Waals surface area contributed by atoms with Crippen LogP contribution in [-0.2, 0) is 4.74 Å². The number of aryl methyl sites for hydroxylation is 1. The van der Waals surface area contributed by atoms with E-state index in [9.17, 15) is 4.79 Å². The first kappa shape index (κ1) is 18.9. The predicted octanol–water partition coefficient (Wildman–Crippen LogP) is 1.33. The summed E-state index contributed by atoms with van der Waals surface area (Å²) in [5.41, 5.74) is 2.40. The topological polar surface area (TPSA) is 60.9 Å². The van der Waals surface area contributed by atoms with Crippen LogP contribution in [0.15, 0.2) is 18.5 Å². The molecule has 0 aliphatic carbocycles. The number of carbonyl (C=O) groups excluding carboxylic acids is 1. The molecule has 0 saturated carbocycles. The minimum Gasteiger partial charge on any atom is -0.375 e. The van der Waals surface area contributed by atoms with E-state index in [1.165, 1.54) is 11.3 Å². The SMILES string of the molecule is CCOC1CN(C)CC1NC(=O)N1CCCN(c2ccncc2C)CC1. The summed E-state index contributed by atoms with van der Waals surface area (Å²) >= 11 is 0. The first-order valence-electron chi connectivity index (χ1n) is 9.59. The molecule has 2 aliphatic rings. The monoisotopic (exact) mass is 361 g/mol. The average molecular weight is 361 g/mol. The van der Waals surface area contributed by atoms with E-state index in [1.807, 2.05) is 24.2 Å². The number of amides is 2. The summed E-state index contributed by atoms with van der Waals surface area (Å²) in [6, 6.07) is 2.16. The van der Waals surface area contributed by atoms with Gasteiger partial charge in [0.05, 0.1) is 12.1 Å². The molecule has 3 heterocycles. The van der Waals surface area contributed by atoms with Gasteiger partial charge < -0.3 is 24.8 Å². The van der Waals surface area contributed by atoms with Crippen LogP contribution in [0.2, 0.25) is 0 Å². The molecule has 3 rings (SSSR count). The van der Waals surface area contributed by atoms with E-state index < -0.39 is 0 Å². The second-order valence-electron chi connectivity index (χ2n) is 7.26. The lowest BCUT2D eigenvalue weighted by atomic mass is 10.2. The largest absolute Gasteiger partial charge is 0.375 e. The average Bonchev–Trinajstić information content (AvgIpc) is 2.83. The van der Waals surface area contributed by atoms with Gasteiger partial charge in [0.1, 0.15) is 0 Å². The van der Waals surface area contributed by atoms with Crippen LogP contribution in [0.5, 0.6) is 0 Å². The van der Waals surface area contributed by atoms with Crippen molar-refractivity contribution < 1.29 is 9.53 Å². The maximum absolute atomic E-state index is 12.8. The molecule has 0 radical (unpaired) electrons. The zero-order valence-electron chi connectivity index (χ0n) is 16.1. The number of rotatable bonds is 4. The number of carbonyl (C=O) groups is 1. The van der Waals surface area contributed by atoms with Gasteiger partial charge in [0.15, 0.2) is 0 Å². The molecule has 1 aromatic rings. The maximum Gasteiger partial charge on any atom is 0.317 e. The van der Waals surface area contributed by atoms with Crippen molar-refractivity contribution in [1.29, 1.82) is 0 Å². The number of hydrogen-bond acceptors (Lipinski definition) is 5. The van der Waals surface area contributed by atoms with Gasteiger partial charge in [0, 0.05) is 64.0 Å².